The van der Waals surface area contributed by atoms with Crippen LogP contribution in [0.25, 0.3) is 11.0 Å². The Balaban J connectivity index is 1.16. The summed E-state index contributed by atoms with van der Waals surface area (Å²) in [6, 6.07) is 2.65. The van der Waals surface area contributed by atoms with E-state index in [1.165, 1.54) is 12.0 Å². The Hall–Kier alpha value is -4.83. The molecule has 324 valence electrons. The molecule has 18 heteroatoms. The topological polar surface area (TPSA) is 195 Å². The van der Waals surface area contributed by atoms with Crippen molar-refractivity contribution in [1.29, 1.82) is 0 Å². The maximum Gasteiger partial charge on any atom is 0.408 e. The number of halogens is 2. The van der Waals surface area contributed by atoms with Crippen LogP contribution in [0.2, 0.25) is 0 Å². The van der Waals surface area contributed by atoms with Crippen LogP contribution in [0.5, 0.6) is 11.6 Å². The fourth-order valence-electron chi connectivity index (χ4n) is 9.22. The van der Waals surface area contributed by atoms with Gasteiger partial charge in [-0.05, 0) is 74.1 Å². The van der Waals surface area contributed by atoms with E-state index in [1.807, 2.05) is 10.8 Å². The number of carbonyl (C=O) groups is 4. The molecule has 15 nitrogen and oxygen atoms in total. The predicted octanol–water partition coefficient (Wildman–Crippen LogP) is 4.34. The van der Waals surface area contributed by atoms with Gasteiger partial charge in [0.05, 0.1) is 35.9 Å². The standard InChI is InChI=1S/C42H52F2N6O9S/c1-21-32-20-50(33(21)36(51)48-42(19-27(42)35(43)44)39(53)49-60(55,56)24-13-14-24)38(52)34(41(2,3)4)47-40(54)59-31-17-22-11-15-25(22)26(31)9-7-6-8-10-29-37(58-32)46-30-18-23(57-5)12-16-28(30)45-29/h11-12,16,18,21-22,24,26-27,31-35H,6-10,13-14,17,19-20H2,1-5H3,(H,47,54)(H,48,51)(H,49,53)/t21-,22+,26-,27+,31-,32+,33+,34-,42-/m1/s1. The molecule has 4 fully saturated rings. The molecule has 0 spiro atoms. The van der Waals surface area contributed by atoms with Gasteiger partial charge in [0, 0.05) is 23.8 Å². The van der Waals surface area contributed by atoms with Crippen LogP contribution in [0, 0.1) is 29.1 Å². The molecule has 2 bridgehead atoms. The third kappa shape index (κ3) is 7.92. The number of amides is 4. The van der Waals surface area contributed by atoms with E-state index in [4.69, 9.17) is 24.2 Å². The van der Waals surface area contributed by atoms with Gasteiger partial charge in [-0.1, -0.05) is 40.5 Å². The van der Waals surface area contributed by atoms with Gasteiger partial charge in [-0.2, -0.15) is 0 Å². The minimum Gasteiger partial charge on any atom is -0.497 e. The highest BCUT2D eigenvalue weighted by Crippen LogP contribution is 2.49. The zero-order chi connectivity index (χ0) is 42.9. The van der Waals surface area contributed by atoms with Crippen LogP contribution < -0.4 is 24.8 Å². The summed E-state index contributed by atoms with van der Waals surface area (Å²) in [5.74, 6) is -4.50. The normalized spacial score (nSPS) is 31.9. The van der Waals surface area contributed by atoms with E-state index in [-0.39, 0.29) is 24.3 Å². The highest BCUT2D eigenvalue weighted by Gasteiger charge is 2.67. The van der Waals surface area contributed by atoms with Gasteiger partial charge in [-0.15, -0.1) is 5.73 Å². The van der Waals surface area contributed by atoms with E-state index in [0.717, 1.165) is 31.3 Å². The lowest BCUT2D eigenvalue weighted by Gasteiger charge is -2.36. The van der Waals surface area contributed by atoms with Crippen molar-refractivity contribution < 1.29 is 50.6 Å². The number of benzene rings is 1. The largest absolute Gasteiger partial charge is 0.497 e. The van der Waals surface area contributed by atoms with Crippen molar-refractivity contribution in [3.05, 3.63) is 41.3 Å². The summed E-state index contributed by atoms with van der Waals surface area (Å²) in [4.78, 5) is 67.8. The molecular weight excluding hydrogens is 803 g/mol. The lowest BCUT2D eigenvalue weighted by Crippen LogP contribution is -2.61. The lowest BCUT2D eigenvalue weighted by atomic mass is 9.85. The van der Waals surface area contributed by atoms with Gasteiger partial charge in [-0.25, -0.2) is 32.0 Å². The second-order valence-electron chi connectivity index (χ2n) is 18.3. The molecule has 8 rings (SSSR count). The molecule has 3 heterocycles. The average molecular weight is 855 g/mol. The molecule has 1 aromatic heterocycles. The number of aromatic nitrogens is 2. The number of alkyl halides is 2. The second kappa shape index (κ2) is 15.6. The first-order valence-electron chi connectivity index (χ1n) is 20.8. The molecule has 4 aliphatic carbocycles. The molecule has 0 radical (unpaired) electrons. The van der Waals surface area contributed by atoms with Crippen molar-refractivity contribution in [2.75, 3.05) is 13.7 Å². The van der Waals surface area contributed by atoms with Gasteiger partial charge < -0.3 is 29.7 Å². The fourth-order valence-corrected chi connectivity index (χ4v) is 10.6. The number of carbonyl (C=O) groups excluding carboxylic acids is 4. The average Bonchev–Trinajstić information content (AvgIpc) is 4.10. The van der Waals surface area contributed by atoms with Crippen LogP contribution in [0.15, 0.2) is 35.6 Å². The third-order valence-electron chi connectivity index (χ3n) is 13.0. The molecule has 4 amide bonds. The van der Waals surface area contributed by atoms with Crippen molar-refractivity contribution >= 4 is 44.9 Å². The summed E-state index contributed by atoms with van der Waals surface area (Å²) in [6.45, 7) is 6.72. The molecule has 1 saturated heterocycles. The summed E-state index contributed by atoms with van der Waals surface area (Å²) in [6.07, 6.45) is 1.24. The number of hydrogen-bond acceptors (Lipinski definition) is 11. The smallest absolute Gasteiger partial charge is 0.408 e. The molecule has 3 N–H and O–H groups in total. The number of fused-ring (bicyclic) bond motifs is 7. The number of methoxy groups -OCH3 is 1. The van der Waals surface area contributed by atoms with Gasteiger partial charge in [-0.3, -0.25) is 19.1 Å². The Morgan fingerprint density at radius 3 is 2.48 bits per heavy atom. The number of nitrogens with zero attached hydrogens (tertiary/aromatic N) is 3. The molecule has 1 aromatic carbocycles. The van der Waals surface area contributed by atoms with Crippen molar-refractivity contribution in [1.82, 2.24) is 30.2 Å². The van der Waals surface area contributed by atoms with E-state index in [0.29, 0.717) is 48.2 Å². The second-order valence-corrected chi connectivity index (χ2v) is 20.2. The first-order chi connectivity index (χ1) is 28.4. The molecule has 3 saturated carbocycles. The number of sulfonamides is 1. The molecular formula is C42H52F2N6O9S. The Morgan fingerprint density at radius 2 is 1.83 bits per heavy atom. The van der Waals surface area contributed by atoms with Gasteiger partial charge in [0.1, 0.15) is 41.3 Å². The van der Waals surface area contributed by atoms with E-state index in [1.54, 1.807) is 45.9 Å². The van der Waals surface area contributed by atoms with E-state index in [9.17, 15) is 36.4 Å². The minimum atomic E-state index is -4.15. The molecule has 6 aliphatic rings. The van der Waals surface area contributed by atoms with Crippen molar-refractivity contribution in [3.63, 3.8) is 0 Å². The van der Waals surface area contributed by atoms with E-state index in [2.05, 4.69) is 16.4 Å². The van der Waals surface area contributed by atoms with E-state index < -0.39 is 99.0 Å². The summed E-state index contributed by atoms with van der Waals surface area (Å²) in [5, 5.41) is 4.45. The molecule has 2 aliphatic heterocycles. The Bertz CT molecular complexity index is 2280. The van der Waals surface area contributed by atoms with E-state index >= 15 is 0 Å². The van der Waals surface area contributed by atoms with Crippen LogP contribution in [-0.2, 0) is 35.6 Å². The number of rotatable bonds is 7. The van der Waals surface area contributed by atoms with Gasteiger partial charge in [0.2, 0.25) is 34.1 Å². The van der Waals surface area contributed by atoms with Gasteiger partial charge in [0.15, 0.2) is 0 Å². The zero-order valence-electron chi connectivity index (χ0n) is 34.3. The quantitative estimate of drug-likeness (QED) is 0.336. The first kappa shape index (κ1) is 41.9. The maximum atomic E-state index is 14.9. The van der Waals surface area contributed by atoms with Crippen molar-refractivity contribution in [2.45, 2.75) is 127 Å². The molecule has 9 atom stereocenters. The number of nitrogens with one attached hydrogen (secondary N) is 3. The number of hydrogen-bond donors (Lipinski definition) is 3. The summed E-state index contributed by atoms with van der Waals surface area (Å²) in [7, 11) is -2.62. The Morgan fingerprint density at radius 1 is 1.07 bits per heavy atom. The van der Waals surface area contributed by atoms with Crippen LogP contribution in [0.4, 0.5) is 13.6 Å². The predicted molar refractivity (Wildman–Crippen MR) is 212 cm³/mol. The number of ether oxygens (including phenoxy) is 3. The van der Waals surface area contributed by atoms with Crippen LogP contribution in [0.3, 0.4) is 0 Å². The minimum absolute atomic E-state index is 0.0284. The number of alkyl carbamates (subject to hydrolysis) is 1. The third-order valence-corrected chi connectivity index (χ3v) is 14.9. The summed E-state index contributed by atoms with van der Waals surface area (Å²) in [5.41, 5.74) is 2.94. The summed E-state index contributed by atoms with van der Waals surface area (Å²) < 4.78 is 74.2. The highest BCUT2D eigenvalue weighted by atomic mass is 32.2. The lowest BCUT2D eigenvalue weighted by molar-refractivity contribution is -0.143. The molecule has 0 unspecified atom stereocenters. The van der Waals surface area contributed by atoms with Crippen molar-refractivity contribution in [3.8, 4) is 11.6 Å². The zero-order valence-corrected chi connectivity index (χ0v) is 35.2. The van der Waals surface area contributed by atoms with Crippen molar-refractivity contribution in [2.24, 2.45) is 29.1 Å². The van der Waals surface area contributed by atoms with Gasteiger partial charge in [0.25, 0.3) is 5.91 Å². The highest BCUT2D eigenvalue weighted by molar-refractivity contribution is 7.91. The maximum absolute atomic E-state index is 14.9. The molecule has 2 aromatic rings. The van der Waals surface area contributed by atoms with Crippen LogP contribution in [-0.4, -0.2) is 102 Å². The fraction of sp³-hybridized carbons (Fsp3) is 0.643. The molecule has 60 heavy (non-hydrogen) atoms. The van der Waals surface area contributed by atoms with Crippen LogP contribution in [0.1, 0.15) is 84.8 Å². The monoisotopic (exact) mass is 854 g/mol. The first-order valence-corrected chi connectivity index (χ1v) is 22.4. The number of aryl methyl sites for hydroxylation is 1. The Labute approximate surface area is 347 Å². The van der Waals surface area contributed by atoms with Gasteiger partial charge >= 0.3 is 6.09 Å². The summed E-state index contributed by atoms with van der Waals surface area (Å²) >= 11 is 0. The Kier molecular flexibility index (Phi) is 10.9. The SMILES string of the molecule is COc1ccc2nc3c(nc2c1)O[C@H]1CN(C(=O)[C@H](C(C)(C)C)NC(=O)O[C@@H]2C[C@@H]4C=C=C4[C@H]2CCCCC3)[C@H](C(=O)N[C@]2(C(=O)NS(=O)(=O)C3CC3)C[C@H]2C(F)F)[C@@H]1C. The van der Waals surface area contributed by atoms with Crippen LogP contribution >= 0.6 is 0 Å².